The summed E-state index contributed by atoms with van der Waals surface area (Å²) in [4.78, 5) is 11.6. The third-order valence-corrected chi connectivity index (χ3v) is 8.45. The minimum absolute atomic E-state index is 0.0752. The third kappa shape index (κ3) is 6.27. The summed E-state index contributed by atoms with van der Waals surface area (Å²) < 4.78 is 4.79. The number of ether oxygens (including phenoxy) is 1. The predicted molar refractivity (Wildman–Crippen MR) is 159 cm³/mol. The van der Waals surface area contributed by atoms with Crippen LogP contribution in [0, 0.1) is 13.8 Å². The molecule has 3 aromatic carbocycles. The van der Waals surface area contributed by atoms with E-state index in [4.69, 9.17) is 4.74 Å². The van der Waals surface area contributed by atoms with Crippen molar-refractivity contribution in [2.45, 2.75) is 84.7 Å². The minimum atomic E-state index is -0.747. The largest absolute Gasteiger partial charge is 0.469 e. The second-order valence-electron chi connectivity index (χ2n) is 10.5. The Hall–Kier alpha value is -3.17. The maximum Gasteiger partial charge on any atom is 0.309 e. The molecule has 0 bridgehead atoms. The summed E-state index contributed by atoms with van der Waals surface area (Å²) in [6.07, 6.45) is 7.73. The Morgan fingerprint density at radius 1 is 0.816 bits per heavy atom. The molecular weight excluding hydrogens is 468 g/mol. The van der Waals surface area contributed by atoms with Crippen LogP contribution in [0.15, 0.2) is 66.7 Å². The fourth-order valence-electron chi connectivity index (χ4n) is 5.45. The van der Waals surface area contributed by atoms with E-state index < -0.39 is 5.60 Å². The van der Waals surface area contributed by atoms with Gasteiger partial charge in [0.15, 0.2) is 0 Å². The Labute approximate surface area is 229 Å². The Bertz CT molecular complexity index is 1260. The molecular formula is C35H44O3. The average Bonchev–Trinajstić information content (AvgIpc) is 2.94. The van der Waals surface area contributed by atoms with Gasteiger partial charge >= 0.3 is 5.97 Å². The molecule has 0 aliphatic rings. The van der Waals surface area contributed by atoms with E-state index in [1.165, 1.54) is 34.9 Å². The van der Waals surface area contributed by atoms with E-state index in [9.17, 15) is 9.90 Å². The highest BCUT2D eigenvalue weighted by Gasteiger charge is 2.31. The van der Waals surface area contributed by atoms with Crippen LogP contribution >= 0.6 is 0 Å². The molecule has 0 atom stereocenters. The van der Waals surface area contributed by atoms with Crippen LogP contribution in [0.25, 0.3) is 17.2 Å². The molecule has 3 nitrogen and oxygen atoms in total. The molecule has 0 unspecified atom stereocenters. The molecule has 38 heavy (non-hydrogen) atoms. The molecule has 3 rings (SSSR count). The Balaban J connectivity index is 1.94. The van der Waals surface area contributed by atoms with Gasteiger partial charge in [0.2, 0.25) is 0 Å². The number of hydrogen-bond acceptors (Lipinski definition) is 3. The third-order valence-electron chi connectivity index (χ3n) is 8.45. The zero-order valence-corrected chi connectivity index (χ0v) is 24.2. The summed E-state index contributed by atoms with van der Waals surface area (Å²) in [6.45, 7) is 12.9. The number of rotatable bonds is 11. The minimum Gasteiger partial charge on any atom is -0.469 e. The fraction of sp³-hybridized carbons (Fsp3) is 0.400. The van der Waals surface area contributed by atoms with E-state index in [1.54, 1.807) is 0 Å². The van der Waals surface area contributed by atoms with Gasteiger partial charge in [0.25, 0.3) is 0 Å². The number of benzene rings is 3. The van der Waals surface area contributed by atoms with Crippen molar-refractivity contribution in [1.82, 2.24) is 0 Å². The molecule has 0 radical (unpaired) electrons. The van der Waals surface area contributed by atoms with Gasteiger partial charge in [0, 0.05) is 5.41 Å². The summed E-state index contributed by atoms with van der Waals surface area (Å²) in [5.41, 5.74) is 8.76. The first-order chi connectivity index (χ1) is 18.1. The Morgan fingerprint density at radius 2 is 1.39 bits per heavy atom. The number of methoxy groups -OCH3 is 1. The SMILES string of the molecule is CCC(O)(C=Cc1ccc(C(CC)(CC)c2ccc(-c3ccc(CC(=O)OC)cc3)c(C)c2)cc1C)CC. The van der Waals surface area contributed by atoms with Crippen molar-refractivity contribution < 1.29 is 14.6 Å². The van der Waals surface area contributed by atoms with Gasteiger partial charge in [-0.05, 0) is 84.0 Å². The quantitative estimate of drug-likeness (QED) is 0.263. The van der Waals surface area contributed by atoms with E-state index in [0.29, 0.717) is 12.8 Å². The van der Waals surface area contributed by atoms with E-state index in [-0.39, 0.29) is 17.8 Å². The fourth-order valence-corrected chi connectivity index (χ4v) is 5.45. The number of aryl methyl sites for hydroxylation is 2. The van der Waals surface area contributed by atoms with Crippen LogP contribution in [0.4, 0.5) is 0 Å². The van der Waals surface area contributed by atoms with Gasteiger partial charge in [-0.25, -0.2) is 0 Å². The van der Waals surface area contributed by atoms with Crippen molar-refractivity contribution in [2.75, 3.05) is 7.11 Å². The van der Waals surface area contributed by atoms with Crippen molar-refractivity contribution in [3.8, 4) is 11.1 Å². The van der Waals surface area contributed by atoms with Gasteiger partial charge in [0.05, 0.1) is 19.1 Å². The maximum absolute atomic E-state index is 11.6. The lowest BCUT2D eigenvalue weighted by atomic mass is 9.69. The lowest BCUT2D eigenvalue weighted by Crippen LogP contribution is -2.26. The van der Waals surface area contributed by atoms with Gasteiger partial charge in [-0.2, -0.15) is 0 Å². The summed E-state index contributed by atoms with van der Waals surface area (Å²) in [5.74, 6) is -0.225. The number of hydrogen-bond donors (Lipinski definition) is 1. The van der Waals surface area contributed by atoms with Crippen molar-refractivity contribution in [3.63, 3.8) is 0 Å². The van der Waals surface area contributed by atoms with Gasteiger partial charge < -0.3 is 9.84 Å². The molecule has 0 fully saturated rings. The second-order valence-corrected chi connectivity index (χ2v) is 10.5. The molecule has 3 aromatic rings. The van der Waals surface area contributed by atoms with Crippen molar-refractivity contribution in [2.24, 2.45) is 0 Å². The zero-order valence-electron chi connectivity index (χ0n) is 24.2. The van der Waals surface area contributed by atoms with Crippen molar-refractivity contribution >= 4 is 12.0 Å². The lowest BCUT2D eigenvalue weighted by molar-refractivity contribution is -0.139. The second kappa shape index (κ2) is 12.6. The van der Waals surface area contributed by atoms with Crippen LogP contribution in [0.5, 0.6) is 0 Å². The van der Waals surface area contributed by atoms with Gasteiger partial charge in [-0.1, -0.05) is 101 Å². The van der Waals surface area contributed by atoms with E-state index in [2.05, 4.69) is 82.3 Å². The molecule has 0 aliphatic heterocycles. The summed E-state index contributed by atoms with van der Waals surface area (Å²) in [7, 11) is 1.42. The number of carbonyl (C=O) groups excluding carboxylic acids is 1. The predicted octanol–water partition coefficient (Wildman–Crippen LogP) is 8.36. The lowest BCUT2D eigenvalue weighted by Gasteiger charge is -2.34. The number of aliphatic hydroxyl groups is 1. The van der Waals surface area contributed by atoms with Crippen molar-refractivity contribution in [1.29, 1.82) is 0 Å². The smallest absolute Gasteiger partial charge is 0.309 e. The average molecular weight is 513 g/mol. The molecule has 0 saturated heterocycles. The molecule has 202 valence electrons. The van der Waals surface area contributed by atoms with E-state index in [0.717, 1.165) is 29.5 Å². The topological polar surface area (TPSA) is 46.5 Å². The molecule has 1 N–H and O–H groups in total. The van der Waals surface area contributed by atoms with Gasteiger partial charge in [-0.3, -0.25) is 4.79 Å². The molecule has 3 heteroatoms. The highest BCUT2D eigenvalue weighted by Crippen LogP contribution is 2.41. The first kappa shape index (κ1) is 29.4. The summed E-state index contributed by atoms with van der Waals surface area (Å²) in [5, 5.41) is 10.7. The highest BCUT2D eigenvalue weighted by atomic mass is 16.5. The van der Waals surface area contributed by atoms with Gasteiger partial charge in [0.1, 0.15) is 0 Å². The van der Waals surface area contributed by atoms with Crippen LogP contribution < -0.4 is 0 Å². The molecule has 0 spiro atoms. The number of carbonyl (C=O) groups is 1. The summed E-state index contributed by atoms with van der Waals surface area (Å²) >= 11 is 0. The molecule has 0 amide bonds. The molecule has 0 aromatic heterocycles. The van der Waals surface area contributed by atoms with E-state index >= 15 is 0 Å². The zero-order chi connectivity index (χ0) is 27.9. The monoisotopic (exact) mass is 512 g/mol. The highest BCUT2D eigenvalue weighted by molar-refractivity contribution is 5.73. The van der Waals surface area contributed by atoms with Crippen LogP contribution in [0.2, 0.25) is 0 Å². The standard InChI is InChI=1S/C35H44O3/c1-8-34(37,9-2)21-20-28-16-17-30(22-25(28)5)35(10-3,11-4)31-18-19-32(26(6)23-31)29-14-12-27(13-15-29)24-33(36)38-7/h12-23,37H,8-11,24H2,1-7H3. The maximum atomic E-state index is 11.6. The van der Waals surface area contributed by atoms with Gasteiger partial charge in [-0.15, -0.1) is 0 Å². The van der Waals surface area contributed by atoms with Crippen LogP contribution in [0.1, 0.15) is 86.8 Å². The number of esters is 1. The van der Waals surface area contributed by atoms with Crippen LogP contribution in [0.3, 0.4) is 0 Å². The Morgan fingerprint density at radius 3 is 1.89 bits per heavy atom. The van der Waals surface area contributed by atoms with Crippen LogP contribution in [-0.4, -0.2) is 23.8 Å². The van der Waals surface area contributed by atoms with E-state index in [1.807, 2.05) is 32.1 Å². The van der Waals surface area contributed by atoms with Crippen molar-refractivity contribution in [3.05, 3.63) is 100 Å². The molecule has 0 aliphatic carbocycles. The normalized spacial score (nSPS) is 12.2. The van der Waals surface area contributed by atoms with Crippen LogP contribution in [-0.2, 0) is 21.4 Å². The summed E-state index contributed by atoms with van der Waals surface area (Å²) in [6, 6.07) is 21.8. The first-order valence-corrected chi connectivity index (χ1v) is 13.9. The molecule has 0 heterocycles. The Kier molecular flexibility index (Phi) is 9.73. The first-order valence-electron chi connectivity index (χ1n) is 13.9. The molecule has 0 saturated carbocycles.